The normalized spacial score (nSPS) is 12.2. The molecule has 1 heterocycles. The van der Waals surface area contributed by atoms with Crippen molar-refractivity contribution in [3.8, 4) is 5.75 Å². The summed E-state index contributed by atoms with van der Waals surface area (Å²) in [6.07, 6.45) is 4.25. The number of nitrogens with zero attached hydrogens (tertiary/aromatic N) is 2. The first-order valence-electron chi connectivity index (χ1n) is 5.98. The van der Waals surface area contributed by atoms with Gasteiger partial charge < -0.3 is 8.74 Å². The molecule has 1 aromatic heterocycles. The van der Waals surface area contributed by atoms with Crippen LogP contribution in [-0.4, -0.2) is 30.9 Å². The molecule has 0 radical (unpaired) electrons. The molecule has 0 fully saturated rings. The predicted molar refractivity (Wildman–Crippen MR) is 72.7 cm³/mol. The number of hydrogen-bond acceptors (Lipinski definition) is 6. The number of alkyl halides is 3. The van der Waals surface area contributed by atoms with Gasteiger partial charge in [-0.2, -0.15) is 13.2 Å². The summed E-state index contributed by atoms with van der Waals surface area (Å²) in [7, 11) is -8.34. The Bertz CT molecular complexity index is 920. The number of aryl methyl sites for hydroxylation is 1. The smallest absolute Gasteiger partial charge is 0.491 e. The lowest BCUT2D eigenvalue weighted by Crippen LogP contribution is -2.26. The van der Waals surface area contributed by atoms with Gasteiger partial charge in [-0.05, 0) is 24.3 Å². The van der Waals surface area contributed by atoms with Crippen molar-refractivity contribution >= 4 is 20.4 Å². The third-order valence-electron chi connectivity index (χ3n) is 2.30. The third kappa shape index (κ3) is 6.32. The topological polar surface area (TPSA) is 109 Å². The molecule has 0 aliphatic heterocycles. The van der Waals surface area contributed by atoms with E-state index < -0.39 is 31.7 Å². The van der Waals surface area contributed by atoms with E-state index in [1.807, 2.05) is 0 Å². The van der Waals surface area contributed by atoms with Gasteiger partial charge in [0.2, 0.25) is 0 Å². The number of halogens is 4. The number of rotatable bonds is 3. The Hall–Kier alpha value is -2.19. The van der Waals surface area contributed by atoms with E-state index in [0.717, 1.165) is 16.1 Å². The maximum atomic E-state index is 12.6. The van der Waals surface area contributed by atoms with Gasteiger partial charge in [0.05, 0.1) is 7.05 Å². The van der Waals surface area contributed by atoms with Gasteiger partial charge in [0, 0.05) is 0 Å². The van der Waals surface area contributed by atoms with Gasteiger partial charge in [-0.1, -0.05) is 3.97 Å². The molecule has 0 atom stereocenters. The van der Waals surface area contributed by atoms with Crippen LogP contribution in [0.5, 0.6) is 5.75 Å². The van der Waals surface area contributed by atoms with Crippen molar-refractivity contribution < 1.29 is 47.7 Å². The van der Waals surface area contributed by atoms with Crippen LogP contribution in [0.1, 0.15) is 0 Å². The standard InChI is InChI=1S/C10H10FN2O3S.CHF3O3S/c1-12-6-7-13(8-12)17(14,15)16-10-4-2-9(11)3-5-10;2-1(3,4)8(5,6)7/h2-8H,1H3;(H,5,6,7)/q+1;/p-1. The fourth-order valence-corrected chi connectivity index (χ4v) is 2.12. The minimum absolute atomic E-state index is 0.0581. The summed E-state index contributed by atoms with van der Waals surface area (Å²) >= 11 is 0. The number of imidazole rings is 1. The Balaban J connectivity index is 0.000000333. The quantitative estimate of drug-likeness (QED) is 0.321. The van der Waals surface area contributed by atoms with E-state index in [1.54, 1.807) is 17.8 Å². The maximum absolute atomic E-state index is 12.6. The average molecular weight is 406 g/mol. The molecule has 2 aromatic rings. The largest absolute Gasteiger partial charge is 0.741 e. The number of hydrogen-bond donors (Lipinski definition) is 0. The van der Waals surface area contributed by atoms with Crippen LogP contribution >= 0.6 is 0 Å². The van der Waals surface area contributed by atoms with Gasteiger partial charge >= 0.3 is 15.8 Å². The summed E-state index contributed by atoms with van der Waals surface area (Å²) in [5.74, 6) is -0.398. The molecule has 14 heteroatoms. The number of benzene rings is 1. The summed E-state index contributed by atoms with van der Waals surface area (Å²) in [6, 6.07) is 4.74. The highest BCUT2D eigenvalue weighted by Gasteiger charge is 2.36. The Morgan fingerprint density at radius 2 is 1.60 bits per heavy atom. The molecule has 0 aliphatic rings. The third-order valence-corrected chi connectivity index (χ3v) is 4.00. The molecular weight excluding hydrogens is 396 g/mol. The zero-order valence-corrected chi connectivity index (χ0v) is 13.8. The highest BCUT2D eigenvalue weighted by Crippen LogP contribution is 2.20. The molecule has 0 unspecified atom stereocenters. The fourth-order valence-electron chi connectivity index (χ4n) is 1.21. The van der Waals surface area contributed by atoms with Crippen molar-refractivity contribution in [3.63, 3.8) is 0 Å². The molecule has 0 N–H and O–H groups in total. The van der Waals surface area contributed by atoms with Crippen LogP contribution < -0.4 is 8.75 Å². The van der Waals surface area contributed by atoms with Gasteiger partial charge in [-0.25, -0.2) is 17.4 Å². The monoisotopic (exact) mass is 406 g/mol. The molecule has 0 spiro atoms. The Morgan fingerprint density at radius 1 is 1.12 bits per heavy atom. The van der Waals surface area contributed by atoms with E-state index in [2.05, 4.69) is 0 Å². The molecule has 2 rings (SSSR count). The van der Waals surface area contributed by atoms with Crippen molar-refractivity contribution in [3.05, 3.63) is 48.8 Å². The highest BCUT2D eigenvalue weighted by atomic mass is 32.2. The molecular formula is C11H10F4N2O6S2. The minimum Gasteiger partial charge on any atom is -0.741 e. The molecule has 1 aromatic carbocycles. The molecule has 0 aliphatic carbocycles. The van der Waals surface area contributed by atoms with Gasteiger partial charge in [0.15, 0.2) is 16.3 Å². The molecule has 0 bridgehead atoms. The molecule has 25 heavy (non-hydrogen) atoms. The summed E-state index contributed by atoms with van der Waals surface area (Å²) in [4.78, 5) is 0. The van der Waals surface area contributed by atoms with Crippen LogP contribution in [0.25, 0.3) is 0 Å². The van der Waals surface area contributed by atoms with E-state index in [1.165, 1.54) is 24.7 Å². The van der Waals surface area contributed by atoms with Crippen molar-refractivity contribution in [2.75, 3.05) is 0 Å². The lowest BCUT2D eigenvalue weighted by molar-refractivity contribution is -0.670. The number of aromatic nitrogens is 2. The van der Waals surface area contributed by atoms with Crippen LogP contribution in [0.15, 0.2) is 43.0 Å². The lowest BCUT2D eigenvalue weighted by Gasteiger charge is -2.08. The van der Waals surface area contributed by atoms with E-state index in [9.17, 15) is 26.0 Å². The maximum Gasteiger partial charge on any atom is 0.491 e. The molecule has 140 valence electrons. The van der Waals surface area contributed by atoms with Crippen molar-refractivity contribution in [1.29, 1.82) is 0 Å². The van der Waals surface area contributed by atoms with Crippen LogP contribution in [0, 0.1) is 5.82 Å². The van der Waals surface area contributed by atoms with Gasteiger partial charge in [-0.3, -0.25) is 0 Å². The zero-order chi connectivity index (χ0) is 19.5. The second-order valence-corrected chi connectivity index (χ2v) is 7.12. The van der Waals surface area contributed by atoms with E-state index in [4.69, 9.17) is 17.2 Å². The second kappa shape index (κ2) is 7.37. The van der Waals surface area contributed by atoms with Crippen LogP contribution in [0.3, 0.4) is 0 Å². The molecule has 8 nitrogen and oxygen atoms in total. The predicted octanol–water partition coefficient (Wildman–Crippen LogP) is 0.675. The fraction of sp³-hybridized carbons (Fsp3) is 0.182. The van der Waals surface area contributed by atoms with E-state index >= 15 is 0 Å². The van der Waals surface area contributed by atoms with E-state index in [0.29, 0.717) is 0 Å². The van der Waals surface area contributed by atoms with E-state index in [-0.39, 0.29) is 5.75 Å². The van der Waals surface area contributed by atoms with Crippen molar-refractivity contribution in [2.45, 2.75) is 5.51 Å². The van der Waals surface area contributed by atoms with Gasteiger partial charge in [0.1, 0.15) is 17.8 Å². The first-order valence-corrected chi connectivity index (χ1v) is 8.75. The second-order valence-electron chi connectivity index (χ2n) is 4.30. The van der Waals surface area contributed by atoms with Gasteiger partial charge in [0.25, 0.3) is 6.33 Å². The Kier molecular flexibility index (Phi) is 6.14. The van der Waals surface area contributed by atoms with Crippen LogP contribution in [0.4, 0.5) is 17.6 Å². The summed E-state index contributed by atoms with van der Waals surface area (Å²) in [5, 5.41) is 0. The zero-order valence-electron chi connectivity index (χ0n) is 12.2. The lowest BCUT2D eigenvalue weighted by atomic mass is 10.3. The van der Waals surface area contributed by atoms with Crippen molar-refractivity contribution in [2.24, 2.45) is 7.05 Å². The minimum atomic E-state index is -6.09. The van der Waals surface area contributed by atoms with Crippen LogP contribution in [-0.2, 0) is 27.5 Å². The highest BCUT2D eigenvalue weighted by molar-refractivity contribution is 7.86. The SMILES string of the molecule is C[n+]1ccn(S(=O)(=O)Oc2ccc(F)cc2)c1.O=S(=O)([O-])C(F)(F)F. The average Bonchev–Trinajstić information content (AvgIpc) is 2.87. The summed E-state index contributed by atoms with van der Waals surface area (Å²) in [6.45, 7) is 0. The molecule has 0 amide bonds. The molecule has 0 saturated heterocycles. The Labute approximate surface area is 139 Å². The van der Waals surface area contributed by atoms with Crippen LogP contribution in [0.2, 0.25) is 0 Å². The Morgan fingerprint density at radius 3 is 1.96 bits per heavy atom. The van der Waals surface area contributed by atoms with Crippen molar-refractivity contribution in [1.82, 2.24) is 3.97 Å². The van der Waals surface area contributed by atoms with Gasteiger partial charge in [-0.15, -0.1) is 8.42 Å². The summed E-state index contributed by atoms with van der Waals surface area (Å²) < 4.78 is 102. The first kappa shape index (κ1) is 20.9. The summed E-state index contributed by atoms with van der Waals surface area (Å²) in [5.41, 5.74) is -5.65. The molecule has 0 saturated carbocycles. The first-order chi connectivity index (χ1) is 11.2.